The van der Waals surface area contributed by atoms with Crippen molar-refractivity contribution in [2.24, 2.45) is 16.6 Å². The molecule has 2 aromatic rings. The van der Waals surface area contributed by atoms with E-state index in [1.54, 1.807) is 18.0 Å². The largest absolute Gasteiger partial charge is 0.490 e. The van der Waals surface area contributed by atoms with E-state index in [9.17, 15) is 5.11 Å². The van der Waals surface area contributed by atoms with Crippen molar-refractivity contribution < 1.29 is 9.84 Å². The molecule has 27 heavy (non-hydrogen) atoms. The van der Waals surface area contributed by atoms with Crippen LogP contribution in [0.5, 0.6) is 5.75 Å². The Bertz CT molecular complexity index is 937. The highest BCUT2D eigenvalue weighted by Gasteiger charge is 2.54. The number of nitrogens with two attached hydrogens (primary N) is 1. The Labute approximate surface area is 167 Å². The first-order valence-electron chi connectivity index (χ1n) is 9.13. The van der Waals surface area contributed by atoms with Crippen molar-refractivity contribution in [3.8, 4) is 16.9 Å². The number of ether oxygens (including phenoxy) is 1. The van der Waals surface area contributed by atoms with Crippen LogP contribution in [0.25, 0.3) is 11.1 Å². The summed E-state index contributed by atoms with van der Waals surface area (Å²) >= 11 is 7.73. The molecule has 1 aliphatic carbocycles. The molecule has 5 nitrogen and oxygen atoms in total. The Kier molecular flexibility index (Phi) is 4.11. The summed E-state index contributed by atoms with van der Waals surface area (Å²) in [6.07, 6.45) is 5.40. The Hall–Kier alpha value is -1.76. The summed E-state index contributed by atoms with van der Waals surface area (Å²) < 4.78 is 6.32. The lowest BCUT2D eigenvalue weighted by Gasteiger charge is -2.48. The number of hydrogen-bond donors (Lipinski definition) is 2. The average Bonchev–Trinajstić information content (AvgIpc) is 3.04. The Morgan fingerprint density at radius 2 is 2.11 bits per heavy atom. The summed E-state index contributed by atoms with van der Waals surface area (Å²) in [5.74, 6) is 1.86. The number of rotatable bonds is 1. The van der Waals surface area contributed by atoms with E-state index in [0.717, 1.165) is 41.0 Å². The third-order valence-corrected chi connectivity index (χ3v) is 7.07. The molecule has 0 saturated heterocycles. The Morgan fingerprint density at radius 1 is 1.22 bits per heavy atom. The van der Waals surface area contributed by atoms with E-state index in [4.69, 9.17) is 27.1 Å². The highest BCUT2D eigenvalue weighted by atomic mass is 35.5. The van der Waals surface area contributed by atoms with E-state index in [2.05, 4.69) is 11.1 Å². The van der Waals surface area contributed by atoms with Crippen LogP contribution in [0.2, 0.25) is 5.02 Å². The zero-order valence-corrected chi connectivity index (χ0v) is 16.2. The molecule has 2 aliphatic heterocycles. The molecule has 140 valence electrons. The van der Waals surface area contributed by atoms with Gasteiger partial charge in [-0.2, -0.15) is 0 Å². The quantitative estimate of drug-likeness (QED) is 0.763. The number of hydrogen-bond acceptors (Lipinski definition) is 6. The van der Waals surface area contributed by atoms with Gasteiger partial charge in [-0.15, -0.1) is 0 Å². The molecule has 4 unspecified atom stereocenters. The topological polar surface area (TPSA) is 80.7 Å². The molecule has 1 saturated carbocycles. The van der Waals surface area contributed by atoms with E-state index in [0.29, 0.717) is 16.6 Å². The number of halogens is 1. The number of aliphatic imine (C=N–C) groups is 1. The molecule has 3 N–H and O–H groups in total. The summed E-state index contributed by atoms with van der Waals surface area (Å²) in [7, 11) is 0. The number of fused-ring (bicyclic) bond motifs is 4. The minimum atomic E-state index is -0.394. The third-order valence-electron chi connectivity index (χ3n) is 5.89. The summed E-state index contributed by atoms with van der Waals surface area (Å²) in [4.78, 5) is 9.14. The zero-order valence-electron chi connectivity index (χ0n) is 14.6. The first-order chi connectivity index (χ1) is 13.0. The second-order valence-corrected chi connectivity index (χ2v) is 8.93. The first kappa shape index (κ1) is 17.3. The molecule has 3 aliphatic rings. The number of amidine groups is 1. The fourth-order valence-corrected chi connectivity index (χ4v) is 5.84. The van der Waals surface area contributed by atoms with Crippen molar-refractivity contribution in [1.82, 2.24) is 4.98 Å². The highest BCUT2D eigenvalue weighted by Crippen LogP contribution is 2.54. The number of thioether (sulfide) groups is 1. The van der Waals surface area contributed by atoms with Crippen LogP contribution in [0.1, 0.15) is 24.8 Å². The van der Waals surface area contributed by atoms with Gasteiger partial charge in [0.15, 0.2) is 5.17 Å². The SMILES string of the molecule is NC1=NC2(CS1)c1cc(-c3cncc(Cl)c3)ccc1OC1CC(O)CCC12. The summed E-state index contributed by atoms with van der Waals surface area (Å²) in [5, 5.41) is 11.4. The molecule has 4 atom stereocenters. The normalized spacial score (nSPS) is 31.8. The number of benzene rings is 1. The van der Waals surface area contributed by atoms with Gasteiger partial charge < -0.3 is 15.6 Å². The van der Waals surface area contributed by atoms with Crippen molar-refractivity contribution in [3.63, 3.8) is 0 Å². The minimum Gasteiger partial charge on any atom is -0.490 e. The van der Waals surface area contributed by atoms with E-state index in [-0.39, 0.29) is 18.1 Å². The summed E-state index contributed by atoms with van der Waals surface area (Å²) in [6, 6.07) is 8.08. The molecule has 1 spiro atoms. The number of aliphatic hydroxyl groups excluding tert-OH is 1. The average molecular weight is 402 g/mol. The van der Waals surface area contributed by atoms with Crippen LogP contribution in [0.4, 0.5) is 0 Å². The van der Waals surface area contributed by atoms with Gasteiger partial charge in [0.05, 0.1) is 11.1 Å². The highest BCUT2D eigenvalue weighted by molar-refractivity contribution is 8.14. The fourth-order valence-electron chi connectivity index (χ4n) is 4.64. The van der Waals surface area contributed by atoms with Gasteiger partial charge >= 0.3 is 0 Å². The second kappa shape index (κ2) is 6.40. The standard InChI is InChI=1S/C20H20ClN3O2S/c21-13-5-12(8-23-9-13)11-1-4-17-16(6-11)20(10-27-19(22)24-20)15-3-2-14(25)7-18(15)26-17/h1,4-6,8-9,14-15,18,25H,2-3,7,10H2,(H2,22,24). The molecule has 1 aromatic carbocycles. The van der Waals surface area contributed by atoms with Crippen molar-refractivity contribution in [2.75, 3.05) is 5.75 Å². The van der Waals surface area contributed by atoms with E-state index < -0.39 is 5.54 Å². The molecule has 5 rings (SSSR count). The van der Waals surface area contributed by atoms with Crippen LogP contribution >= 0.6 is 23.4 Å². The van der Waals surface area contributed by atoms with Gasteiger partial charge in [-0.3, -0.25) is 4.98 Å². The summed E-state index contributed by atoms with van der Waals surface area (Å²) in [5.41, 5.74) is 8.79. The fraction of sp³-hybridized carbons (Fsp3) is 0.400. The molecule has 1 aromatic heterocycles. The van der Waals surface area contributed by atoms with Crippen LogP contribution in [0.3, 0.4) is 0 Å². The maximum absolute atomic E-state index is 10.1. The predicted octanol–water partition coefficient (Wildman–Crippen LogP) is 3.58. The van der Waals surface area contributed by atoms with Gasteiger partial charge in [-0.25, -0.2) is 4.99 Å². The van der Waals surface area contributed by atoms with Crippen LogP contribution in [0, 0.1) is 5.92 Å². The third kappa shape index (κ3) is 2.82. The van der Waals surface area contributed by atoms with Crippen molar-refractivity contribution >= 4 is 28.5 Å². The van der Waals surface area contributed by atoms with Crippen molar-refractivity contribution in [2.45, 2.75) is 37.0 Å². The van der Waals surface area contributed by atoms with E-state index in [1.165, 1.54) is 0 Å². The molecular weight excluding hydrogens is 382 g/mol. The lowest BCUT2D eigenvalue weighted by molar-refractivity contribution is -0.0246. The maximum atomic E-state index is 10.1. The number of aromatic nitrogens is 1. The van der Waals surface area contributed by atoms with Gasteiger partial charge in [0.2, 0.25) is 0 Å². The van der Waals surface area contributed by atoms with E-state index >= 15 is 0 Å². The van der Waals surface area contributed by atoms with Gasteiger partial charge in [-0.1, -0.05) is 29.4 Å². The van der Waals surface area contributed by atoms with Crippen molar-refractivity contribution in [1.29, 1.82) is 0 Å². The zero-order chi connectivity index (χ0) is 18.6. The lowest BCUT2D eigenvalue weighted by Crippen LogP contribution is -2.51. The number of pyridine rings is 1. The minimum absolute atomic E-state index is 0.0322. The monoisotopic (exact) mass is 401 g/mol. The molecule has 0 amide bonds. The maximum Gasteiger partial charge on any atom is 0.154 e. The molecular formula is C20H20ClN3O2S. The Balaban J connectivity index is 1.65. The molecule has 1 fully saturated rings. The Morgan fingerprint density at radius 3 is 2.89 bits per heavy atom. The van der Waals surface area contributed by atoms with Gasteiger partial charge in [0, 0.05) is 41.6 Å². The summed E-state index contributed by atoms with van der Waals surface area (Å²) in [6.45, 7) is 0. The van der Waals surface area contributed by atoms with Gasteiger partial charge in [0.25, 0.3) is 0 Å². The molecule has 3 heterocycles. The van der Waals surface area contributed by atoms with Crippen molar-refractivity contribution in [3.05, 3.63) is 47.2 Å². The van der Waals surface area contributed by atoms with Gasteiger partial charge in [0.1, 0.15) is 17.4 Å². The van der Waals surface area contributed by atoms with Gasteiger partial charge in [-0.05, 0) is 36.6 Å². The van der Waals surface area contributed by atoms with E-state index in [1.807, 2.05) is 24.4 Å². The number of aliphatic hydroxyl groups is 1. The van der Waals surface area contributed by atoms with Crippen LogP contribution in [-0.2, 0) is 5.54 Å². The van der Waals surface area contributed by atoms with Crippen LogP contribution < -0.4 is 10.5 Å². The first-order valence-corrected chi connectivity index (χ1v) is 10.5. The van der Waals surface area contributed by atoms with Crippen LogP contribution in [-0.4, -0.2) is 33.2 Å². The lowest BCUT2D eigenvalue weighted by atomic mass is 9.68. The molecule has 0 radical (unpaired) electrons. The smallest absolute Gasteiger partial charge is 0.154 e. The predicted molar refractivity (Wildman–Crippen MR) is 108 cm³/mol. The number of nitrogens with zero attached hydrogens (tertiary/aromatic N) is 2. The second-order valence-electron chi connectivity index (χ2n) is 7.50. The molecule has 7 heteroatoms. The molecule has 0 bridgehead atoms. The van der Waals surface area contributed by atoms with Crippen LogP contribution in [0.15, 0.2) is 41.7 Å².